The summed E-state index contributed by atoms with van der Waals surface area (Å²) in [7, 11) is -2.92. The van der Waals surface area contributed by atoms with E-state index in [4.69, 9.17) is 54.7 Å². The second-order valence-electron chi connectivity index (χ2n) is 19.7. The number of hydrogen-bond donors (Lipinski definition) is 0. The van der Waals surface area contributed by atoms with Crippen molar-refractivity contribution in [3.63, 3.8) is 0 Å². The second kappa shape index (κ2) is 61.6. The smallest absolute Gasteiger partial charge is 0.0870 e. The third-order valence-electron chi connectivity index (χ3n) is 19.1. The molecule has 19 heteroatoms. The van der Waals surface area contributed by atoms with Crippen LogP contribution in [-0.2, 0) is 19.2 Å². The van der Waals surface area contributed by atoms with Crippen LogP contribution in [0.5, 0.6) is 0 Å². The van der Waals surface area contributed by atoms with Crippen molar-refractivity contribution in [3.8, 4) is 0 Å². The summed E-state index contributed by atoms with van der Waals surface area (Å²) in [5, 5.41) is 61.0. The zero-order valence-electron chi connectivity index (χ0n) is 58.0. The Labute approximate surface area is 492 Å². The summed E-state index contributed by atoms with van der Waals surface area (Å²) in [4.78, 5) is 35.7. The van der Waals surface area contributed by atoms with Gasteiger partial charge in [-0.3, -0.25) is 7.32 Å². The predicted molar refractivity (Wildman–Crippen MR) is 323 cm³/mol. The Bertz CT molecular complexity index is 936. The van der Waals surface area contributed by atoms with Crippen LogP contribution in [0.4, 0.5) is 0 Å². The molecule has 0 saturated heterocycles. The number of aliphatic carboxylic acids is 4. The van der Waals surface area contributed by atoms with E-state index >= 15 is 0 Å². The second-order valence-corrected chi connectivity index (χ2v) is 19.7. The molecule has 18 nitrogen and oxygen atoms in total. The molecule has 0 unspecified atom stereocenters. The van der Waals surface area contributed by atoms with E-state index in [1.165, 1.54) is 215 Å². The van der Waals surface area contributed by atoms with Gasteiger partial charge in [0, 0.05) is 0 Å². The summed E-state index contributed by atoms with van der Waals surface area (Å²) in [5.41, 5.74) is 0. The summed E-state index contributed by atoms with van der Waals surface area (Å²) in [5.74, 6) is -8.74. The van der Waals surface area contributed by atoms with Crippen molar-refractivity contribution in [2.75, 3.05) is 183 Å². The number of carbonyl (C=O) groups is 4. The van der Waals surface area contributed by atoms with Crippen molar-refractivity contribution < 1.29 is 86.1 Å². The topological polar surface area (TPSA) is 230 Å². The summed E-state index contributed by atoms with van der Waals surface area (Å²) < 4.78 is 8.94. The first kappa shape index (κ1) is 98.7. The minimum Gasteiger partial charge on any atom is -0.907 e. The van der Waals surface area contributed by atoms with E-state index in [0.717, 1.165) is 0 Å². The number of carbonyl (C=O) groups excluding carboxylic acids is 4. The molecule has 0 fully saturated rings. The highest BCUT2D eigenvalue weighted by Crippen LogP contribution is 2.07. The lowest BCUT2D eigenvalue weighted by Gasteiger charge is -2.35. The lowest BCUT2D eigenvalue weighted by atomic mass is 10.3. The van der Waals surface area contributed by atoms with Crippen LogP contribution in [-0.4, -0.2) is 246 Å². The Morgan fingerprint density at radius 1 is 0.190 bits per heavy atom. The molecule has 0 aromatic heterocycles. The number of nitrogens with zero attached hydrogens (tertiary/aromatic N) is 7. The number of hydrogen-bond acceptors (Lipinski definition) is 11. The molecule has 484 valence electrons. The molecule has 0 atom stereocenters. The van der Waals surface area contributed by atoms with Crippen molar-refractivity contribution in [1.82, 2.24) is 0 Å². The fourth-order valence-electron chi connectivity index (χ4n) is 9.39. The normalized spacial score (nSPS) is 11.0. The molecule has 0 saturated carbocycles. The average molecular weight is 1150 g/mol. The van der Waals surface area contributed by atoms with E-state index in [2.05, 4.69) is 194 Å². The molecule has 0 N–H and O–H groups in total. The third-order valence-corrected chi connectivity index (χ3v) is 19.1. The monoisotopic (exact) mass is 1150 g/mol. The van der Waals surface area contributed by atoms with E-state index in [1.807, 2.05) is 0 Å². The Morgan fingerprint density at radius 2 is 0.228 bits per heavy atom. The SMILES string of the molecule is CC[N+](CC)(CC)CC.CC[N+](CC)(CC)CC.CC[N+](CC)(CC)CC.CC[N+](CC)(CC)CC.CC[N+](CC)(CC)CC.CC[N+](CC)(CC)CC.CC[N+](CC)(CC)CC.O=C([O-])C(=O)[O-].O=C([O-])C(=O)[O-].[O-]B([O-])[O-]. The molecule has 0 aliphatic carbocycles. The minimum absolute atomic E-state index is 1.28. The van der Waals surface area contributed by atoms with E-state index in [9.17, 15) is 0 Å². The van der Waals surface area contributed by atoms with Crippen molar-refractivity contribution in [3.05, 3.63) is 0 Å². The largest absolute Gasteiger partial charge is 0.907 e. The van der Waals surface area contributed by atoms with Gasteiger partial charge in [-0.1, -0.05) is 0 Å². The first-order valence-electron chi connectivity index (χ1n) is 31.5. The Balaban J connectivity index is -0.0000000843. The van der Waals surface area contributed by atoms with Crippen molar-refractivity contribution >= 4 is 31.2 Å². The van der Waals surface area contributed by atoms with Gasteiger partial charge in [-0.2, -0.15) is 0 Å². The quantitative estimate of drug-likeness (QED) is 0.0627. The number of carboxylic acid groups (broad SMARTS) is 4. The molecule has 79 heavy (non-hydrogen) atoms. The van der Waals surface area contributed by atoms with Gasteiger partial charge in [0.2, 0.25) is 0 Å². The molecule has 0 amide bonds. The van der Waals surface area contributed by atoms with Crippen molar-refractivity contribution in [2.24, 2.45) is 0 Å². The minimum atomic E-state index is -2.92. The van der Waals surface area contributed by atoms with Gasteiger partial charge in [-0.15, -0.1) is 0 Å². The third kappa shape index (κ3) is 51.0. The summed E-state index contributed by atoms with van der Waals surface area (Å²) >= 11 is 0. The summed E-state index contributed by atoms with van der Waals surface area (Å²) in [6.45, 7) is 99.6. The molecular weight excluding hydrogens is 1010 g/mol. The molecule has 0 aromatic carbocycles. The van der Waals surface area contributed by atoms with Crippen LogP contribution in [0.2, 0.25) is 0 Å². The van der Waals surface area contributed by atoms with Gasteiger partial charge >= 0.3 is 0 Å². The van der Waals surface area contributed by atoms with Crippen LogP contribution >= 0.6 is 0 Å². The fourth-order valence-corrected chi connectivity index (χ4v) is 9.39. The molecule has 0 aliphatic rings. The number of carboxylic acids is 4. The maximum Gasteiger partial charge on any atom is 0.0870 e. The van der Waals surface area contributed by atoms with Gasteiger partial charge in [0.15, 0.2) is 0 Å². The zero-order valence-corrected chi connectivity index (χ0v) is 58.0. The average Bonchev–Trinajstić information content (AvgIpc) is 3.47. The number of quaternary nitrogens is 7. The van der Waals surface area contributed by atoms with Crippen LogP contribution in [0.3, 0.4) is 0 Å². The molecule has 0 heterocycles. The predicted octanol–water partition coefficient (Wildman–Crippen LogP) is 2.20. The molecule has 0 aliphatic heterocycles. The zero-order chi connectivity index (χ0) is 65.2. The lowest BCUT2D eigenvalue weighted by Crippen LogP contribution is -2.56. The van der Waals surface area contributed by atoms with Crippen molar-refractivity contribution in [1.29, 1.82) is 0 Å². The highest BCUT2D eigenvalue weighted by molar-refractivity contribution is 6.25. The van der Waals surface area contributed by atoms with E-state index in [0.29, 0.717) is 0 Å². The first-order valence-corrected chi connectivity index (χ1v) is 31.5. The molecule has 0 aromatic rings. The van der Waals surface area contributed by atoms with E-state index in [-0.39, 0.29) is 0 Å². The van der Waals surface area contributed by atoms with Gasteiger partial charge < -0.3 is 86.1 Å². The van der Waals surface area contributed by atoms with Crippen LogP contribution < -0.4 is 35.5 Å². The van der Waals surface area contributed by atoms with Crippen LogP contribution in [0.1, 0.15) is 194 Å². The molecule has 0 rings (SSSR count). The van der Waals surface area contributed by atoms with E-state index < -0.39 is 31.2 Å². The standard InChI is InChI=1S/7C8H20N.2C2H2O4.BO3/c7*1-5-9(6-2,7-3)8-4;2*3-1(4)2(5)6;2-1(3)4/h7*5-8H2,1-4H3;2*(H,3,4)(H,5,6);/q7*+1;;;-3/p-4. The maximum absolute atomic E-state index is 8.93. The Hall–Kier alpha value is -2.46. The maximum atomic E-state index is 8.93. The highest BCUT2D eigenvalue weighted by Gasteiger charge is 2.20. The van der Waals surface area contributed by atoms with Gasteiger partial charge in [0.05, 0.1) is 207 Å². The molecule has 0 bridgehead atoms. The van der Waals surface area contributed by atoms with E-state index in [1.54, 1.807) is 0 Å². The van der Waals surface area contributed by atoms with Gasteiger partial charge in [-0.25, -0.2) is 0 Å². The number of rotatable bonds is 28. The Morgan fingerprint density at radius 3 is 0.228 bits per heavy atom. The van der Waals surface area contributed by atoms with Crippen LogP contribution in [0.15, 0.2) is 0 Å². The molecular formula is C60H140BN7O11. The Kier molecular flexibility index (Phi) is 76.9. The summed E-state index contributed by atoms with van der Waals surface area (Å²) in [6.07, 6.45) is 0. The lowest BCUT2D eigenvalue weighted by molar-refractivity contribution is -0.921. The highest BCUT2D eigenvalue weighted by atomic mass is 16.5. The van der Waals surface area contributed by atoms with Crippen LogP contribution in [0.25, 0.3) is 0 Å². The van der Waals surface area contributed by atoms with Gasteiger partial charge in [-0.05, 0) is 194 Å². The first-order chi connectivity index (χ1) is 36.7. The van der Waals surface area contributed by atoms with Gasteiger partial charge in [0.1, 0.15) is 0 Å². The van der Waals surface area contributed by atoms with Crippen LogP contribution in [0, 0.1) is 0 Å². The fraction of sp³-hybridized carbons (Fsp3) is 0.933. The van der Waals surface area contributed by atoms with Gasteiger partial charge in [0.25, 0.3) is 0 Å². The molecule has 0 radical (unpaired) electrons. The molecule has 0 spiro atoms. The summed E-state index contributed by atoms with van der Waals surface area (Å²) in [6, 6.07) is 0. The van der Waals surface area contributed by atoms with Crippen molar-refractivity contribution in [2.45, 2.75) is 194 Å².